The van der Waals surface area contributed by atoms with Crippen molar-refractivity contribution < 1.29 is 9.84 Å². The van der Waals surface area contributed by atoms with Gasteiger partial charge in [-0.2, -0.15) is 0 Å². The van der Waals surface area contributed by atoms with Gasteiger partial charge in [-0.3, -0.25) is 0 Å². The summed E-state index contributed by atoms with van der Waals surface area (Å²) in [5.74, 6) is 0. The minimum absolute atomic E-state index is 0. The maximum absolute atomic E-state index is 8.61. The monoisotopic (exact) mass is 180 g/mol. The summed E-state index contributed by atoms with van der Waals surface area (Å²) in [5, 5.41) is 8.61. The lowest BCUT2D eigenvalue weighted by Crippen LogP contribution is -2.11. The SMILES string of the molecule is C.CC1(OCCO)c2ccccc21. The van der Waals surface area contributed by atoms with Crippen molar-refractivity contribution in [3.05, 3.63) is 35.4 Å². The van der Waals surface area contributed by atoms with Crippen LogP contribution in [0.25, 0.3) is 0 Å². The second kappa shape index (κ2) is 3.48. The molecule has 0 saturated carbocycles. The standard InChI is InChI=1S/C10H12O2.CH4/c1-10(12-7-6-11)8-4-2-3-5-9(8)10;/h2-5,11H,6-7H2,1H3;1H4. The van der Waals surface area contributed by atoms with E-state index in [9.17, 15) is 0 Å². The van der Waals surface area contributed by atoms with E-state index in [-0.39, 0.29) is 19.6 Å². The molecule has 0 fully saturated rings. The lowest BCUT2D eigenvalue weighted by molar-refractivity contribution is 0.0101. The average molecular weight is 180 g/mol. The molecule has 0 amide bonds. The highest BCUT2D eigenvalue weighted by Gasteiger charge is 2.46. The zero-order valence-corrected chi connectivity index (χ0v) is 7.08. The summed E-state index contributed by atoms with van der Waals surface area (Å²) in [6, 6.07) is 8.14. The molecule has 0 unspecified atom stereocenters. The van der Waals surface area contributed by atoms with Gasteiger partial charge in [0.25, 0.3) is 0 Å². The van der Waals surface area contributed by atoms with E-state index in [1.165, 1.54) is 11.1 Å². The normalized spacial score (nSPS) is 15.8. The van der Waals surface area contributed by atoms with Gasteiger partial charge in [0, 0.05) is 0 Å². The average Bonchev–Trinajstić information content (AvgIpc) is 2.71. The Morgan fingerprint density at radius 2 is 1.85 bits per heavy atom. The van der Waals surface area contributed by atoms with Gasteiger partial charge in [-0.1, -0.05) is 31.7 Å². The van der Waals surface area contributed by atoms with Crippen molar-refractivity contribution in [2.75, 3.05) is 13.2 Å². The van der Waals surface area contributed by atoms with E-state index in [1.807, 2.05) is 19.1 Å². The Labute approximate surface area is 79.2 Å². The molecule has 0 bridgehead atoms. The van der Waals surface area contributed by atoms with Gasteiger partial charge >= 0.3 is 0 Å². The molecule has 2 heteroatoms. The topological polar surface area (TPSA) is 29.5 Å². The Morgan fingerprint density at radius 1 is 1.31 bits per heavy atom. The second-order valence-electron chi connectivity index (χ2n) is 3.15. The van der Waals surface area contributed by atoms with Crippen LogP contribution in [0.15, 0.2) is 24.3 Å². The number of aliphatic hydroxyl groups is 1. The lowest BCUT2D eigenvalue weighted by atomic mass is 10.3. The molecule has 1 aromatic carbocycles. The summed E-state index contributed by atoms with van der Waals surface area (Å²) in [5.41, 5.74) is 2.29. The summed E-state index contributed by atoms with van der Waals surface area (Å²) in [6.07, 6.45) is 0. The largest absolute Gasteiger partial charge is 0.394 e. The first-order valence-electron chi connectivity index (χ1n) is 4.14. The predicted molar refractivity (Wildman–Crippen MR) is 52.7 cm³/mol. The summed E-state index contributed by atoms with van der Waals surface area (Å²) in [4.78, 5) is 0. The Kier molecular flexibility index (Phi) is 2.74. The molecule has 0 aliphatic heterocycles. The summed E-state index contributed by atoms with van der Waals surface area (Å²) < 4.78 is 5.51. The van der Waals surface area contributed by atoms with Crippen LogP contribution in [0.2, 0.25) is 0 Å². The fraction of sp³-hybridized carbons (Fsp3) is 0.455. The van der Waals surface area contributed by atoms with E-state index in [2.05, 4.69) is 12.1 Å². The quantitative estimate of drug-likeness (QED) is 0.770. The van der Waals surface area contributed by atoms with Crippen molar-refractivity contribution in [3.63, 3.8) is 0 Å². The van der Waals surface area contributed by atoms with Crippen LogP contribution in [0.1, 0.15) is 25.5 Å². The number of ether oxygens (including phenoxy) is 1. The molecule has 2 rings (SSSR count). The van der Waals surface area contributed by atoms with Crippen LogP contribution in [0, 0.1) is 0 Å². The molecule has 13 heavy (non-hydrogen) atoms. The molecule has 2 nitrogen and oxygen atoms in total. The summed E-state index contributed by atoms with van der Waals surface area (Å²) in [6.45, 7) is 2.53. The number of aliphatic hydroxyl groups excluding tert-OH is 1. The number of benzene rings is 1. The predicted octanol–water partition coefficient (Wildman–Crippen LogP) is 1.91. The molecule has 1 aliphatic carbocycles. The van der Waals surface area contributed by atoms with E-state index in [4.69, 9.17) is 9.84 Å². The van der Waals surface area contributed by atoms with Crippen molar-refractivity contribution in [1.82, 2.24) is 0 Å². The van der Waals surface area contributed by atoms with E-state index in [1.54, 1.807) is 0 Å². The number of hydrogen-bond donors (Lipinski definition) is 1. The molecule has 0 atom stereocenters. The Morgan fingerprint density at radius 3 is 2.31 bits per heavy atom. The second-order valence-corrected chi connectivity index (χ2v) is 3.15. The zero-order valence-electron chi connectivity index (χ0n) is 7.08. The first-order valence-corrected chi connectivity index (χ1v) is 4.14. The maximum Gasteiger partial charge on any atom is 0.116 e. The van der Waals surface area contributed by atoms with Gasteiger partial charge in [0.05, 0.1) is 13.2 Å². The molecule has 0 heterocycles. The third-order valence-corrected chi connectivity index (χ3v) is 2.37. The fourth-order valence-electron chi connectivity index (χ4n) is 1.61. The van der Waals surface area contributed by atoms with Gasteiger partial charge in [0.15, 0.2) is 0 Å². The van der Waals surface area contributed by atoms with Crippen molar-refractivity contribution in [2.45, 2.75) is 20.0 Å². The van der Waals surface area contributed by atoms with Crippen LogP contribution in [0.4, 0.5) is 0 Å². The van der Waals surface area contributed by atoms with Crippen molar-refractivity contribution in [3.8, 4) is 0 Å². The molecule has 1 aromatic rings. The third kappa shape index (κ3) is 1.47. The van der Waals surface area contributed by atoms with Gasteiger partial charge in [0.1, 0.15) is 5.60 Å². The van der Waals surface area contributed by atoms with Crippen LogP contribution in [-0.4, -0.2) is 18.3 Å². The van der Waals surface area contributed by atoms with Gasteiger partial charge in [0.2, 0.25) is 0 Å². The van der Waals surface area contributed by atoms with Gasteiger partial charge < -0.3 is 9.84 Å². The van der Waals surface area contributed by atoms with Crippen molar-refractivity contribution in [1.29, 1.82) is 0 Å². The first kappa shape index (κ1) is 10.2. The molecular formula is C11H16O2. The molecule has 0 aromatic heterocycles. The van der Waals surface area contributed by atoms with Crippen LogP contribution in [0.5, 0.6) is 0 Å². The van der Waals surface area contributed by atoms with E-state index < -0.39 is 0 Å². The number of fused-ring (bicyclic) bond motifs is 1. The molecule has 0 spiro atoms. The van der Waals surface area contributed by atoms with Crippen LogP contribution in [0.3, 0.4) is 0 Å². The first-order chi connectivity index (χ1) is 5.79. The zero-order chi connectivity index (χ0) is 8.60. The van der Waals surface area contributed by atoms with Crippen molar-refractivity contribution >= 4 is 0 Å². The fourth-order valence-corrected chi connectivity index (χ4v) is 1.61. The molecular weight excluding hydrogens is 164 g/mol. The van der Waals surface area contributed by atoms with Gasteiger partial charge in [-0.25, -0.2) is 0 Å². The smallest absolute Gasteiger partial charge is 0.116 e. The third-order valence-electron chi connectivity index (χ3n) is 2.37. The molecule has 1 N–H and O–H groups in total. The van der Waals surface area contributed by atoms with Gasteiger partial charge in [-0.05, 0) is 18.1 Å². The Hall–Kier alpha value is -0.860. The van der Waals surface area contributed by atoms with Crippen LogP contribution in [-0.2, 0) is 10.3 Å². The molecule has 0 saturated heterocycles. The maximum atomic E-state index is 8.61. The minimum Gasteiger partial charge on any atom is -0.394 e. The Bertz CT molecular complexity index is 271. The highest BCUT2D eigenvalue weighted by atomic mass is 16.5. The van der Waals surface area contributed by atoms with Crippen molar-refractivity contribution in [2.24, 2.45) is 0 Å². The molecule has 72 valence electrons. The summed E-state index contributed by atoms with van der Waals surface area (Å²) in [7, 11) is 0. The number of hydrogen-bond acceptors (Lipinski definition) is 2. The van der Waals surface area contributed by atoms with Crippen LogP contribution < -0.4 is 0 Å². The summed E-state index contributed by atoms with van der Waals surface area (Å²) >= 11 is 0. The number of rotatable bonds is 3. The minimum atomic E-state index is -0.202. The Balaban J connectivity index is 0.000000845. The molecule has 0 radical (unpaired) electrons. The highest BCUT2D eigenvalue weighted by molar-refractivity contribution is 5.55. The lowest BCUT2D eigenvalue weighted by Gasteiger charge is -2.09. The molecule has 1 aliphatic rings. The van der Waals surface area contributed by atoms with E-state index in [0.29, 0.717) is 6.61 Å². The van der Waals surface area contributed by atoms with E-state index in [0.717, 1.165) is 0 Å². The van der Waals surface area contributed by atoms with Gasteiger partial charge in [-0.15, -0.1) is 0 Å². The highest BCUT2D eigenvalue weighted by Crippen LogP contribution is 2.49. The van der Waals surface area contributed by atoms with Crippen LogP contribution >= 0.6 is 0 Å². The van der Waals surface area contributed by atoms with E-state index >= 15 is 0 Å².